The van der Waals surface area contributed by atoms with E-state index in [9.17, 15) is 101 Å². The lowest BCUT2D eigenvalue weighted by atomic mass is 9.37. The first-order valence-electron chi connectivity index (χ1n) is 9.36. The Balaban J connectivity index is 2.71. The quantitative estimate of drug-likeness (QED) is 0.330. The van der Waals surface area contributed by atoms with Crippen LogP contribution in [0.4, 0.5) is 110 Å². The van der Waals surface area contributed by atoms with Crippen LogP contribution in [0.25, 0.3) is 0 Å². The van der Waals surface area contributed by atoms with Crippen molar-refractivity contribution < 1.29 is 120 Å². The van der Waals surface area contributed by atoms with Gasteiger partial charge in [-0.15, -0.1) is 0 Å². The molecule has 4 rings (SSSR count). The summed E-state index contributed by atoms with van der Waals surface area (Å²) in [6.07, 6.45) is -26.2. The maximum Gasteiger partial charge on any atom is 0.459 e. The molecule has 4 aliphatic carbocycles. The van der Waals surface area contributed by atoms with E-state index in [2.05, 4.69) is 0 Å². The zero-order chi connectivity index (χ0) is 34.2. The van der Waals surface area contributed by atoms with Crippen molar-refractivity contribution in [2.45, 2.75) is 88.1 Å². The van der Waals surface area contributed by atoms with E-state index in [1.54, 1.807) is 0 Å². The van der Waals surface area contributed by atoms with Crippen molar-refractivity contribution in [3.05, 3.63) is 0 Å². The molecule has 0 spiro atoms. The van der Waals surface area contributed by atoms with E-state index in [1.165, 1.54) is 4.74 Å². The van der Waals surface area contributed by atoms with Crippen molar-refractivity contribution in [3.8, 4) is 0 Å². The van der Waals surface area contributed by atoms with E-state index in [4.69, 9.17) is 5.11 Å². The average Bonchev–Trinajstić information content (AvgIpc) is 2.75. The number of hydrogen-bond acceptors (Lipinski definition) is 2. The van der Waals surface area contributed by atoms with Crippen LogP contribution in [0, 0.1) is 0 Å². The molecule has 4 saturated carbocycles. The highest BCUT2D eigenvalue weighted by atomic mass is 19.4. The second kappa shape index (κ2) is 7.18. The third-order valence-corrected chi connectivity index (χ3v) is 7.14. The summed E-state index contributed by atoms with van der Waals surface area (Å²) in [5.41, 5.74) is -45.5. The number of ether oxygens (including phenoxy) is 1. The minimum Gasteiger partial charge on any atom is -0.350 e. The molecule has 0 aliphatic heterocycles. The second-order valence-corrected chi connectivity index (χ2v) is 9.00. The Morgan fingerprint density at radius 2 is 0.643 bits per heavy atom. The van der Waals surface area contributed by atoms with Crippen LogP contribution in [0.5, 0.6) is 0 Å². The van der Waals surface area contributed by atoms with Crippen LogP contribution >= 0.6 is 0 Å². The van der Waals surface area contributed by atoms with Gasteiger partial charge in [0.25, 0.3) is 16.9 Å². The minimum absolute atomic E-state index is 1.21. The van der Waals surface area contributed by atoms with Crippen molar-refractivity contribution in [1.82, 2.24) is 0 Å². The Kier molecular flexibility index (Phi) is 5.92. The molecule has 1 atom stereocenters. The normalized spacial score (nSPS) is 43.3. The molecule has 4 fully saturated rings. The van der Waals surface area contributed by atoms with Crippen LogP contribution in [-0.4, -0.2) is 93.2 Å². The van der Waals surface area contributed by atoms with Gasteiger partial charge in [-0.3, -0.25) is 4.74 Å². The molecule has 1 N–H and O–H groups in total. The molecule has 42 heavy (non-hydrogen) atoms. The largest absolute Gasteiger partial charge is 0.459 e. The summed E-state index contributed by atoms with van der Waals surface area (Å²) in [7, 11) is 0. The van der Waals surface area contributed by atoms with Crippen molar-refractivity contribution in [2.75, 3.05) is 0 Å². The smallest absolute Gasteiger partial charge is 0.350 e. The maximum atomic E-state index is 15.5. The SMILES string of the molecule is OC(F)(C(F)(F)OC1(C(F)(F)F)C2(F)C(F)(F)C3(F)C(F)(F)C(F)(C2(F)F)C(F)(F)C1(F)C3(F)F)C(F)(F)C(F)(F)F. The molecule has 0 heterocycles. The number of rotatable bonds is 4. The Morgan fingerprint density at radius 1 is 0.405 bits per heavy atom. The van der Waals surface area contributed by atoms with Gasteiger partial charge >= 0.3 is 71.2 Å². The van der Waals surface area contributed by atoms with Gasteiger partial charge in [0.2, 0.25) is 0 Å². The topological polar surface area (TPSA) is 29.5 Å². The van der Waals surface area contributed by atoms with Gasteiger partial charge in [-0.1, -0.05) is 0 Å². The van der Waals surface area contributed by atoms with E-state index >= 15 is 8.78 Å². The summed E-state index contributed by atoms with van der Waals surface area (Å²) in [6, 6.07) is 0. The summed E-state index contributed by atoms with van der Waals surface area (Å²) in [4.78, 5) is 0. The van der Waals surface area contributed by atoms with Gasteiger partial charge in [0.05, 0.1) is 0 Å². The lowest BCUT2D eigenvalue weighted by molar-refractivity contribution is -0.636. The summed E-state index contributed by atoms with van der Waals surface area (Å²) in [5, 5.41) is 8.37. The molecule has 27 heteroatoms. The summed E-state index contributed by atoms with van der Waals surface area (Å²) >= 11 is 0. The van der Waals surface area contributed by atoms with Gasteiger partial charge in [-0.2, -0.15) is 92.2 Å². The van der Waals surface area contributed by atoms with E-state index in [1.807, 2.05) is 0 Å². The third-order valence-electron chi connectivity index (χ3n) is 7.14. The third kappa shape index (κ3) is 2.40. The molecular weight excluding hydrogens is 687 g/mol. The Hall–Kier alpha value is -1.83. The Morgan fingerprint density at radius 3 is 0.857 bits per heavy atom. The number of hydrogen-bond donors (Lipinski definition) is 1. The van der Waals surface area contributed by atoms with Gasteiger partial charge in [0.1, 0.15) is 0 Å². The van der Waals surface area contributed by atoms with Crippen molar-refractivity contribution in [3.63, 3.8) is 0 Å². The first kappa shape index (κ1) is 34.7. The summed E-state index contributed by atoms with van der Waals surface area (Å²) in [5.74, 6) is -62.1. The monoisotopic (exact) mass is 688 g/mol. The van der Waals surface area contributed by atoms with E-state index in [0.29, 0.717) is 0 Å². The van der Waals surface area contributed by atoms with Crippen LogP contribution in [-0.2, 0) is 4.74 Å². The van der Waals surface area contributed by atoms with Crippen LogP contribution in [0.15, 0.2) is 0 Å². The number of halogens is 25. The molecule has 0 saturated heterocycles. The fourth-order valence-corrected chi connectivity index (χ4v) is 5.11. The molecule has 0 aromatic rings. The zero-order valence-electron chi connectivity index (χ0n) is 17.8. The maximum absolute atomic E-state index is 15.5. The van der Waals surface area contributed by atoms with E-state index in [0.717, 1.165) is 0 Å². The molecule has 248 valence electrons. The van der Waals surface area contributed by atoms with Crippen molar-refractivity contribution >= 4 is 0 Å². The molecule has 4 bridgehead atoms. The lowest BCUT2D eigenvalue weighted by Gasteiger charge is -2.76. The predicted octanol–water partition coefficient (Wildman–Crippen LogP) is 6.80. The molecule has 0 aromatic carbocycles. The first-order chi connectivity index (χ1) is 17.7. The van der Waals surface area contributed by atoms with Gasteiger partial charge in [0.15, 0.2) is 0 Å². The van der Waals surface area contributed by atoms with Gasteiger partial charge in [0, 0.05) is 0 Å². The van der Waals surface area contributed by atoms with Crippen LogP contribution in [0.3, 0.4) is 0 Å². The Labute approximate surface area is 209 Å². The second-order valence-electron chi connectivity index (χ2n) is 9.00. The van der Waals surface area contributed by atoms with Crippen molar-refractivity contribution in [2.24, 2.45) is 0 Å². The molecule has 0 amide bonds. The molecule has 4 aliphatic rings. The highest BCUT2D eigenvalue weighted by molar-refractivity contribution is 5.56. The van der Waals surface area contributed by atoms with Gasteiger partial charge < -0.3 is 5.11 Å². The van der Waals surface area contributed by atoms with E-state index in [-0.39, 0.29) is 0 Å². The zero-order valence-corrected chi connectivity index (χ0v) is 17.8. The molecular formula is C15HF25O2. The predicted molar refractivity (Wildman–Crippen MR) is 72.0 cm³/mol. The van der Waals surface area contributed by atoms with Crippen LogP contribution in [0.1, 0.15) is 0 Å². The summed E-state index contributed by atoms with van der Waals surface area (Å²) < 4.78 is 354. The van der Waals surface area contributed by atoms with Crippen LogP contribution < -0.4 is 0 Å². The highest BCUT2D eigenvalue weighted by Crippen LogP contribution is 2.90. The number of aliphatic hydroxyl groups is 1. The minimum atomic E-state index is -9.44. The summed E-state index contributed by atoms with van der Waals surface area (Å²) in [6.45, 7) is 0. The standard InChI is InChI=1S/C15HF25O2/c16-1-5(13(33,34)35,42-15(39,40)12(32,41)11(30,31)14(36,37)38)2(17)8(24,25)3(18,6(1,20)21)10(28,29)4(19,7(1,22)23)9(2,26)27/h41H. The molecule has 1 unspecified atom stereocenters. The molecule has 0 aromatic heterocycles. The van der Waals surface area contributed by atoms with Gasteiger partial charge in [-0.25, -0.2) is 17.6 Å². The van der Waals surface area contributed by atoms with Crippen LogP contribution in [0.2, 0.25) is 0 Å². The number of alkyl halides is 25. The molecule has 0 radical (unpaired) electrons. The first-order valence-corrected chi connectivity index (χ1v) is 9.36. The highest BCUT2D eigenvalue weighted by Gasteiger charge is 3.25. The molecule has 2 nitrogen and oxygen atoms in total. The van der Waals surface area contributed by atoms with E-state index < -0.39 is 88.1 Å². The van der Waals surface area contributed by atoms with Gasteiger partial charge in [-0.05, 0) is 0 Å². The average molecular weight is 688 g/mol. The Bertz CT molecular complexity index is 1090. The van der Waals surface area contributed by atoms with Crippen molar-refractivity contribution in [1.29, 1.82) is 0 Å². The lowest BCUT2D eigenvalue weighted by Crippen LogP contribution is -3.11. The fourth-order valence-electron chi connectivity index (χ4n) is 5.11. The fraction of sp³-hybridized carbons (Fsp3) is 1.00.